The Balaban J connectivity index is 1.08. The van der Waals surface area contributed by atoms with Crippen molar-refractivity contribution in [3.05, 3.63) is 64.2 Å². The van der Waals surface area contributed by atoms with Crippen LogP contribution in [0, 0.1) is 5.82 Å². The van der Waals surface area contributed by atoms with Gasteiger partial charge in [0.2, 0.25) is 15.5 Å². The highest BCUT2D eigenvalue weighted by Crippen LogP contribution is 2.38. The Morgan fingerprint density at radius 1 is 0.891 bits per heavy atom. The number of hydrogen-bond donors (Lipinski definition) is 1. The quantitative estimate of drug-likeness (QED) is 0.396. The zero-order valence-electron chi connectivity index (χ0n) is 24.2. The van der Waals surface area contributed by atoms with Crippen LogP contribution in [0.2, 0.25) is 0 Å². The highest BCUT2D eigenvalue weighted by Gasteiger charge is 2.35. The van der Waals surface area contributed by atoms with Gasteiger partial charge in [-0.1, -0.05) is 0 Å². The van der Waals surface area contributed by atoms with E-state index in [0.29, 0.717) is 5.52 Å². The molecule has 3 fully saturated rings. The van der Waals surface area contributed by atoms with Crippen molar-refractivity contribution in [1.82, 2.24) is 18.7 Å². The first-order valence-electron chi connectivity index (χ1n) is 14.5. The molecule has 6 rings (SSSR count). The predicted octanol–water partition coefficient (Wildman–Crippen LogP) is 3.32. The number of anilines is 1. The maximum Gasteiger partial charge on any atom is 0.573 e. The molecule has 1 aliphatic carbocycles. The van der Waals surface area contributed by atoms with E-state index in [1.54, 1.807) is 20.4 Å². The Hall–Kier alpha value is -4.38. The Kier molecular flexibility index (Phi) is 8.08. The maximum atomic E-state index is 15.3. The van der Waals surface area contributed by atoms with Crippen LogP contribution in [0.25, 0.3) is 10.9 Å². The lowest BCUT2D eigenvalue weighted by atomic mass is 10.1. The summed E-state index contributed by atoms with van der Waals surface area (Å²) in [5.41, 5.74) is -0.466. The summed E-state index contributed by atoms with van der Waals surface area (Å²) in [7, 11) is -4.02. The molecule has 2 aromatic carbocycles. The molecule has 0 bridgehead atoms. The largest absolute Gasteiger partial charge is 0.573 e. The zero-order chi connectivity index (χ0) is 33.0. The van der Waals surface area contributed by atoms with E-state index in [9.17, 15) is 41.1 Å². The Morgan fingerprint density at radius 2 is 1.48 bits per heavy atom. The number of ether oxygens (including phenoxy) is 1. The van der Waals surface area contributed by atoms with Gasteiger partial charge in [0.25, 0.3) is 0 Å². The molecule has 1 aromatic heterocycles. The summed E-state index contributed by atoms with van der Waals surface area (Å²) in [6, 6.07) is 6.28. The number of piperazine rings is 2. The van der Waals surface area contributed by atoms with Crippen LogP contribution in [0.5, 0.6) is 5.75 Å². The van der Waals surface area contributed by atoms with Crippen molar-refractivity contribution < 1.29 is 45.4 Å². The van der Waals surface area contributed by atoms with Crippen LogP contribution >= 0.6 is 0 Å². The Bertz CT molecular complexity index is 1850. The van der Waals surface area contributed by atoms with Gasteiger partial charge in [0.1, 0.15) is 17.1 Å². The summed E-state index contributed by atoms with van der Waals surface area (Å²) >= 11 is 0. The van der Waals surface area contributed by atoms with Crippen LogP contribution in [-0.4, -0.2) is 103 Å². The molecular weight excluding hydrogens is 638 g/mol. The number of sulfonamides is 1. The lowest BCUT2D eigenvalue weighted by Gasteiger charge is -2.41. The number of rotatable bonds is 6. The minimum atomic E-state index is -4.90. The number of carboxylic acids is 1. The monoisotopic (exact) mass is 667 g/mol. The van der Waals surface area contributed by atoms with Gasteiger partial charge in [-0.15, -0.1) is 13.2 Å². The normalized spacial score (nSPS) is 18.2. The standard InChI is InChI=1S/C29H29F4N5O7S/c30-23-15-21-24(38(18-1-2-18)17-22(26(21)39)27(40)41)16-25(23)34-7-9-35(10-8-34)28(42)36-11-13-37(14-12-36)46(43,44)20-5-3-19(4-6-20)45-29(31,32)33/h3-6,15-18H,1-2,7-14H2,(H,40,41). The van der Waals surface area contributed by atoms with Crippen molar-refractivity contribution in [2.75, 3.05) is 57.3 Å². The molecule has 0 radical (unpaired) electrons. The molecule has 17 heteroatoms. The predicted molar refractivity (Wildman–Crippen MR) is 156 cm³/mol. The topological polar surface area (TPSA) is 133 Å². The molecule has 3 aromatic rings. The number of fused-ring (bicyclic) bond motifs is 1. The van der Waals surface area contributed by atoms with E-state index >= 15 is 4.39 Å². The van der Waals surface area contributed by atoms with E-state index < -0.39 is 44.9 Å². The minimum absolute atomic E-state index is 0.00416. The molecule has 12 nitrogen and oxygen atoms in total. The highest BCUT2D eigenvalue weighted by molar-refractivity contribution is 7.89. The van der Waals surface area contributed by atoms with Gasteiger partial charge in [-0.05, 0) is 49.2 Å². The van der Waals surface area contributed by atoms with Crippen LogP contribution in [0.15, 0.2) is 52.3 Å². The average molecular weight is 668 g/mol. The van der Waals surface area contributed by atoms with E-state index in [0.717, 1.165) is 47.5 Å². The summed E-state index contributed by atoms with van der Waals surface area (Å²) in [5, 5.41) is 9.46. The smallest absolute Gasteiger partial charge is 0.477 e. The number of hydrogen-bond acceptors (Lipinski definition) is 7. The molecule has 0 unspecified atom stereocenters. The van der Waals surface area contributed by atoms with E-state index in [-0.39, 0.29) is 80.4 Å². The molecule has 246 valence electrons. The molecule has 2 saturated heterocycles. The zero-order valence-corrected chi connectivity index (χ0v) is 25.1. The van der Waals surface area contributed by atoms with Gasteiger partial charge < -0.3 is 29.1 Å². The number of amides is 2. The molecule has 1 N–H and O–H groups in total. The molecule has 3 heterocycles. The molecule has 1 saturated carbocycles. The second-order valence-electron chi connectivity index (χ2n) is 11.3. The Labute approximate surface area is 260 Å². The van der Waals surface area contributed by atoms with Gasteiger partial charge in [0.15, 0.2) is 0 Å². The number of benzene rings is 2. The first-order chi connectivity index (χ1) is 21.7. The lowest BCUT2D eigenvalue weighted by molar-refractivity contribution is -0.274. The molecule has 3 aliphatic rings. The molecular formula is C29H29F4N5O7S. The van der Waals surface area contributed by atoms with E-state index in [1.807, 2.05) is 0 Å². The summed E-state index contributed by atoms with van der Waals surface area (Å²) in [6.45, 7) is 1.28. The Morgan fingerprint density at radius 3 is 2.02 bits per heavy atom. The highest BCUT2D eigenvalue weighted by atomic mass is 32.2. The van der Waals surface area contributed by atoms with E-state index in [4.69, 9.17) is 0 Å². The van der Waals surface area contributed by atoms with Crippen molar-refractivity contribution in [3.8, 4) is 5.75 Å². The van der Waals surface area contributed by atoms with Crippen LogP contribution in [0.4, 0.5) is 28.0 Å². The summed E-state index contributed by atoms with van der Waals surface area (Å²) in [5.74, 6) is -2.59. The lowest BCUT2D eigenvalue weighted by Crippen LogP contribution is -2.57. The number of carboxylic acid groups (broad SMARTS) is 1. The van der Waals surface area contributed by atoms with Gasteiger partial charge in [-0.3, -0.25) is 4.79 Å². The number of carbonyl (C=O) groups excluding carboxylic acids is 1. The van der Waals surface area contributed by atoms with Gasteiger partial charge in [0, 0.05) is 70.0 Å². The van der Waals surface area contributed by atoms with Crippen molar-refractivity contribution in [3.63, 3.8) is 0 Å². The number of halogens is 4. The van der Waals surface area contributed by atoms with Crippen LogP contribution in [0.1, 0.15) is 29.2 Å². The van der Waals surface area contributed by atoms with E-state index in [2.05, 4.69) is 4.74 Å². The number of carbonyl (C=O) groups is 2. The maximum absolute atomic E-state index is 15.3. The molecule has 2 aliphatic heterocycles. The number of urea groups is 1. The van der Waals surface area contributed by atoms with E-state index in [1.165, 1.54) is 11.1 Å². The van der Waals surface area contributed by atoms with Crippen molar-refractivity contribution in [2.45, 2.75) is 30.1 Å². The number of pyridine rings is 1. The third-order valence-electron chi connectivity index (χ3n) is 8.37. The summed E-state index contributed by atoms with van der Waals surface area (Å²) in [4.78, 5) is 42.3. The third kappa shape index (κ3) is 6.20. The fraction of sp³-hybridized carbons (Fsp3) is 0.414. The fourth-order valence-electron chi connectivity index (χ4n) is 5.83. The van der Waals surface area contributed by atoms with Crippen LogP contribution in [0.3, 0.4) is 0 Å². The summed E-state index contributed by atoms with van der Waals surface area (Å²) < 4.78 is 85.3. The van der Waals surface area contributed by atoms with Crippen molar-refractivity contribution in [2.24, 2.45) is 0 Å². The number of aromatic nitrogens is 1. The summed E-state index contributed by atoms with van der Waals surface area (Å²) in [6.07, 6.45) is -1.95. The number of nitrogens with zero attached hydrogens (tertiary/aromatic N) is 5. The number of aromatic carboxylic acids is 1. The average Bonchev–Trinajstić information content (AvgIpc) is 3.86. The van der Waals surface area contributed by atoms with Crippen LogP contribution < -0.4 is 15.1 Å². The molecule has 0 atom stereocenters. The molecule has 46 heavy (non-hydrogen) atoms. The third-order valence-corrected chi connectivity index (χ3v) is 10.3. The molecule has 0 spiro atoms. The van der Waals surface area contributed by atoms with Crippen LogP contribution in [-0.2, 0) is 10.0 Å². The van der Waals surface area contributed by atoms with Gasteiger partial charge in [0.05, 0.1) is 16.1 Å². The minimum Gasteiger partial charge on any atom is -0.477 e. The number of alkyl halides is 3. The van der Waals surface area contributed by atoms with Crippen molar-refractivity contribution >= 4 is 38.6 Å². The van der Waals surface area contributed by atoms with Crippen molar-refractivity contribution in [1.29, 1.82) is 0 Å². The SMILES string of the molecule is O=C(O)c1cn(C2CC2)c2cc(N3CCN(C(=O)N4CCN(S(=O)(=O)c5ccc(OC(F)(F)F)cc5)CC4)CC3)c(F)cc2c1=O. The van der Waals surface area contributed by atoms with Gasteiger partial charge >= 0.3 is 18.4 Å². The first kappa shape index (κ1) is 31.6. The van der Waals surface area contributed by atoms with Gasteiger partial charge in [-0.25, -0.2) is 22.4 Å². The second-order valence-corrected chi connectivity index (χ2v) is 13.2. The van der Waals surface area contributed by atoms with Gasteiger partial charge in [-0.2, -0.15) is 4.31 Å². The first-order valence-corrected chi connectivity index (χ1v) is 15.9. The molecule has 2 amide bonds. The second kappa shape index (κ2) is 11.8. The fourth-order valence-corrected chi connectivity index (χ4v) is 7.25.